The third-order valence-electron chi connectivity index (χ3n) is 5.07. The zero-order valence-corrected chi connectivity index (χ0v) is 16.8. The molecule has 1 unspecified atom stereocenters. The number of esters is 1. The number of hydrogen-bond donors (Lipinski definition) is 0. The first-order valence-electron chi connectivity index (χ1n) is 9.45. The largest absolute Gasteiger partial charge is 0.457 e. The van der Waals surface area contributed by atoms with Gasteiger partial charge in [-0.2, -0.15) is 0 Å². The summed E-state index contributed by atoms with van der Waals surface area (Å²) in [4.78, 5) is 29.8. The molecule has 1 aliphatic rings. The van der Waals surface area contributed by atoms with E-state index in [0.29, 0.717) is 23.0 Å². The van der Waals surface area contributed by atoms with Crippen LogP contribution >= 0.6 is 0 Å². The van der Waals surface area contributed by atoms with E-state index in [-0.39, 0.29) is 41.8 Å². The number of sulfone groups is 1. The van der Waals surface area contributed by atoms with Crippen molar-refractivity contribution in [2.75, 3.05) is 11.5 Å². The molecule has 3 aromatic rings. The Labute approximate surface area is 172 Å². The van der Waals surface area contributed by atoms with Crippen LogP contribution in [0.5, 0.6) is 0 Å². The zero-order chi connectivity index (χ0) is 21.3. The maximum absolute atomic E-state index is 13.3. The van der Waals surface area contributed by atoms with E-state index >= 15 is 0 Å². The summed E-state index contributed by atoms with van der Waals surface area (Å²) >= 11 is 0. The Hall–Kier alpha value is -3.07. The van der Waals surface area contributed by atoms with Gasteiger partial charge in [-0.25, -0.2) is 17.8 Å². The molecule has 0 aliphatic carbocycles. The van der Waals surface area contributed by atoms with Crippen molar-refractivity contribution < 1.29 is 22.3 Å². The number of benzene rings is 2. The number of fused-ring (bicyclic) bond motifs is 1. The summed E-state index contributed by atoms with van der Waals surface area (Å²) in [7, 11) is -3.08. The quantitative estimate of drug-likeness (QED) is 0.577. The molecule has 0 N–H and O–H groups in total. The standard InChI is InChI=1S/C21H19FN2O5S/c22-15-5-7-16(8-6-15)24-19(23-18-4-2-1-3-17(18)21(24)26)12-29-20(25)11-14-9-10-30(27,28)13-14/h1-8,14H,9-13H2. The normalized spacial score (nSPS) is 17.8. The van der Waals surface area contributed by atoms with Crippen molar-refractivity contribution in [3.8, 4) is 5.69 Å². The van der Waals surface area contributed by atoms with Gasteiger partial charge in [0.25, 0.3) is 5.56 Å². The topological polar surface area (TPSA) is 95.3 Å². The molecule has 2 heterocycles. The van der Waals surface area contributed by atoms with Gasteiger partial charge in [-0.05, 0) is 48.7 Å². The first-order chi connectivity index (χ1) is 14.3. The van der Waals surface area contributed by atoms with E-state index in [9.17, 15) is 22.4 Å². The Morgan fingerprint density at radius 2 is 1.90 bits per heavy atom. The third-order valence-corrected chi connectivity index (χ3v) is 6.91. The van der Waals surface area contributed by atoms with Crippen LogP contribution in [-0.4, -0.2) is 35.4 Å². The molecule has 1 atom stereocenters. The molecule has 4 rings (SSSR count). The van der Waals surface area contributed by atoms with Gasteiger partial charge in [0.1, 0.15) is 12.4 Å². The van der Waals surface area contributed by atoms with Crippen molar-refractivity contribution >= 4 is 26.7 Å². The number of halogens is 1. The Bertz CT molecular complexity index is 1270. The van der Waals surface area contributed by atoms with E-state index < -0.39 is 21.6 Å². The van der Waals surface area contributed by atoms with Crippen LogP contribution in [0.4, 0.5) is 4.39 Å². The highest BCUT2D eigenvalue weighted by Crippen LogP contribution is 2.22. The summed E-state index contributed by atoms with van der Waals surface area (Å²) in [6, 6.07) is 12.1. The molecule has 0 radical (unpaired) electrons. The van der Waals surface area contributed by atoms with Gasteiger partial charge in [0.15, 0.2) is 15.7 Å². The molecule has 0 spiro atoms. The number of carbonyl (C=O) groups is 1. The molecule has 7 nitrogen and oxygen atoms in total. The minimum Gasteiger partial charge on any atom is -0.457 e. The van der Waals surface area contributed by atoms with Gasteiger partial charge in [0.2, 0.25) is 0 Å². The third kappa shape index (κ3) is 4.25. The molecule has 0 saturated carbocycles. The van der Waals surface area contributed by atoms with Gasteiger partial charge in [-0.1, -0.05) is 12.1 Å². The lowest BCUT2D eigenvalue weighted by molar-refractivity contribution is -0.146. The Morgan fingerprint density at radius 3 is 2.60 bits per heavy atom. The number of para-hydroxylation sites is 1. The van der Waals surface area contributed by atoms with Gasteiger partial charge in [-0.15, -0.1) is 0 Å². The highest BCUT2D eigenvalue weighted by Gasteiger charge is 2.30. The SMILES string of the molecule is O=C(CC1CCS(=O)(=O)C1)OCc1nc2ccccc2c(=O)n1-c1ccc(F)cc1. The van der Waals surface area contributed by atoms with Crippen LogP contribution in [-0.2, 0) is 26.0 Å². The van der Waals surface area contributed by atoms with Gasteiger partial charge in [0.05, 0.1) is 28.1 Å². The zero-order valence-electron chi connectivity index (χ0n) is 16.0. The van der Waals surface area contributed by atoms with E-state index in [1.807, 2.05) is 0 Å². The monoisotopic (exact) mass is 430 g/mol. The molecular formula is C21H19FN2O5S. The smallest absolute Gasteiger partial charge is 0.306 e. The number of ether oxygens (including phenoxy) is 1. The second-order valence-electron chi connectivity index (χ2n) is 7.30. The van der Waals surface area contributed by atoms with E-state index in [4.69, 9.17) is 4.74 Å². The molecule has 0 amide bonds. The molecule has 1 aromatic heterocycles. The molecule has 1 saturated heterocycles. The fourth-order valence-electron chi connectivity index (χ4n) is 3.60. The van der Waals surface area contributed by atoms with E-state index in [0.717, 1.165) is 0 Å². The number of hydrogen-bond acceptors (Lipinski definition) is 6. The summed E-state index contributed by atoms with van der Waals surface area (Å²) in [5, 5.41) is 0.382. The van der Waals surface area contributed by atoms with Gasteiger partial charge >= 0.3 is 5.97 Å². The van der Waals surface area contributed by atoms with Crippen molar-refractivity contribution in [3.05, 3.63) is 70.5 Å². The number of rotatable bonds is 5. The van der Waals surface area contributed by atoms with Crippen LogP contribution in [0.2, 0.25) is 0 Å². The number of carbonyl (C=O) groups excluding carboxylic acids is 1. The summed E-state index contributed by atoms with van der Waals surface area (Å²) < 4.78 is 43.1. The highest BCUT2D eigenvalue weighted by atomic mass is 32.2. The molecule has 2 aromatic carbocycles. The van der Waals surface area contributed by atoms with Crippen molar-refractivity contribution in [2.24, 2.45) is 5.92 Å². The molecule has 30 heavy (non-hydrogen) atoms. The lowest BCUT2D eigenvalue weighted by atomic mass is 10.1. The second kappa shape index (κ2) is 7.98. The Morgan fingerprint density at radius 1 is 1.17 bits per heavy atom. The van der Waals surface area contributed by atoms with E-state index in [2.05, 4.69) is 4.98 Å². The highest BCUT2D eigenvalue weighted by molar-refractivity contribution is 7.91. The Kier molecular flexibility index (Phi) is 5.38. The van der Waals surface area contributed by atoms with Crippen molar-refractivity contribution in [1.29, 1.82) is 0 Å². The van der Waals surface area contributed by atoms with Crippen LogP contribution < -0.4 is 5.56 Å². The molecule has 156 valence electrons. The molecule has 1 aliphatic heterocycles. The maximum Gasteiger partial charge on any atom is 0.306 e. The summed E-state index contributed by atoms with van der Waals surface area (Å²) in [6.07, 6.45) is 0.430. The molecule has 9 heteroatoms. The summed E-state index contributed by atoms with van der Waals surface area (Å²) in [5.74, 6) is -0.994. The second-order valence-corrected chi connectivity index (χ2v) is 9.52. The minimum atomic E-state index is -3.08. The Balaban J connectivity index is 1.62. The van der Waals surface area contributed by atoms with Crippen LogP contribution in [0.1, 0.15) is 18.7 Å². The average molecular weight is 430 g/mol. The molecular weight excluding hydrogens is 411 g/mol. The first-order valence-corrected chi connectivity index (χ1v) is 11.3. The number of nitrogens with zero attached hydrogens (tertiary/aromatic N) is 2. The average Bonchev–Trinajstić information content (AvgIpc) is 3.05. The van der Waals surface area contributed by atoms with Crippen LogP contribution in [0.15, 0.2) is 53.3 Å². The molecule has 1 fully saturated rings. The van der Waals surface area contributed by atoms with Gasteiger partial charge in [-0.3, -0.25) is 14.2 Å². The lowest BCUT2D eigenvalue weighted by Gasteiger charge is -2.14. The summed E-state index contributed by atoms with van der Waals surface area (Å²) in [5.41, 5.74) is 0.488. The van der Waals surface area contributed by atoms with Crippen LogP contribution in [0, 0.1) is 11.7 Å². The van der Waals surface area contributed by atoms with Crippen molar-refractivity contribution in [3.63, 3.8) is 0 Å². The predicted octanol–water partition coefficient (Wildman–Crippen LogP) is 2.39. The van der Waals surface area contributed by atoms with Crippen LogP contribution in [0.25, 0.3) is 16.6 Å². The van der Waals surface area contributed by atoms with Gasteiger partial charge in [0, 0.05) is 6.42 Å². The van der Waals surface area contributed by atoms with Gasteiger partial charge < -0.3 is 4.74 Å². The molecule has 0 bridgehead atoms. The lowest BCUT2D eigenvalue weighted by Crippen LogP contribution is -2.25. The summed E-state index contributed by atoms with van der Waals surface area (Å²) in [6.45, 7) is -0.268. The predicted molar refractivity (Wildman–Crippen MR) is 108 cm³/mol. The maximum atomic E-state index is 13.3. The van der Waals surface area contributed by atoms with Crippen molar-refractivity contribution in [2.45, 2.75) is 19.4 Å². The fourth-order valence-corrected chi connectivity index (χ4v) is 5.47. The first kappa shape index (κ1) is 20.2. The fraction of sp³-hybridized carbons (Fsp3) is 0.286. The van der Waals surface area contributed by atoms with E-state index in [1.165, 1.54) is 28.8 Å². The number of aromatic nitrogens is 2. The minimum absolute atomic E-state index is 0.00636. The van der Waals surface area contributed by atoms with Crippen molar-refractivity contribution in [1.82, 2.24) is 9.55 Å². The van der Waals surface area contributed by atoms with Crippen LogP contribution in [0.3, 0.4) is 0 Å². The van der Waals surface area contributed by atoms with E-state index in [1.54, 1.807) is 24.3 Å².